The van der Waals surface area contributed by atoms with E-state index in [2.05, 4.69) is 24.1 Å². The Morgan fingerprint density at radius 3 is 2.56 bits per heavy atom. The maximum atomic E-state index is 12.7. The van der Waals surface area contributed by atoms with E-state index in [9.17, 15) is 9.90 Å². The highest BCUT2D eigenvalue weighted by Crippen LogP contribution is 2.20. The molecule has 1 aromatic heterocycles. The maximum absolute atomic E-state index is 12.7. The first kappa shape index (κ1) is 19.1. The van der Waals surface area contributed by atoms with Crippen LogP contribution in [0.2, 0.25) is 0 Å². The van der Waals surface area contributed by atoms with Crippen molar-refractivity contribution < 1.29 is 9.90 Å². The highest BCUT2D eigenvalue weighted by Gasteiger charge is 2.20. The molecule has 134 valence electrons. The van der Waals surface area contributed by atoms with Crippen LogP contribution in [0.4, 0.5) is 0 Å². The van der Waals surface area contributed by atoms with Crippen molar-refractivity contribution in [3.8, 4) is 0 Å². The summed E-state index contributed by atoms with van der Waals surface area (Å²) < 4.78 is 0. The lowest BCUT2D eigenvalue weighted by atomic mass is 9.97. The molecule has 0 aliphatic heterocycles. The van der Waals surface area contributed by atoms with Crippen LogP contribution in [0.1, 0.15) is 61.8 Å². The molecule has 0 radical (unpaired) electrons. The third-order valence-corrected chi connectivity index (χ3v) is 4.17. The van der Waals surface area contributed by atoms with Crippen molar-refractivity contribution in [3.05, 3.63) is 65.5 Å². The summed E-state index contributed by atoms with van der Waals surface area (Å²) in [5.41, 5.74) is 1.84. The Bertz CT molecular complexity index is 691. The van der Waals surface area contributed by atoms with Crippen molar-refractivity contribution in [1.29, 1.82) is 0 Å². The number of pyridine rings is 1. The Balaban J connectivity index is 2.11. The Morgan fingerprint density at radius 2 is 1.96 bits per heavy atom. The molecule has 0 bridgehead atoms. The van der Waals surface area contributed by atoms with Gasteiger partial charge < -0.3 is 10.4 Å². The van der Waals surface area contributed by atoms with E-state index in [0.717, 1.165) is 17.7 Å². The third-order valence-electron chi connectivity index (χ3n) is 4.17. The quantitative estimate of drug-likeness (QED) is 0.803. The smallest absolute Gasteiger partial charge is 0.251 e. The minimum absolute atomic E-state index is 0.102. The molecule has 2 aromatic rings. The van der Waals surface area contributed by atoms with Gasteiger partial charge >= 0.3 is 0 Å². The second kappa shape index (κ2) is 8.26. The number of rotatable bonds is 7. The van der Waals surface area contributed by atoms with E-state index in [0.29, 0.717) is 12.0 Å². The lowest BCUT2D eigenvalue weighted by molar-refractivity contribution is 0.0714. The third kappa shape index (κ3) is 5.98. The second-order valence-corrected chi connectivity index (χ2v) is 7.46. The summed E-state index contributed by atoms with van der Waals surface area (Å²) in [4.78, 5) is 17.1. The van der Waals surface area contributed by atoms with Gasteiger partial charge in [0.1, 0.15) is 0 Å². The van der Waals surface area contributed by atoms with Gasteiger partial charge in [-0.1, -0.05) is 32.0 Å². The van der Waals surface area contributed by atoms with Gasteiger partial charge in [-0.15, -0.1) is 0 Å². The van der Waals surface area contributed by atoms with Crippen LogP contribution in [-0.2, 0) is 6.42 Å². The van der Waals surface area contributed by atoms with Gasteiger partial charge in [0.25, 0.3) is 5.91 Å². The second-order valence-electron chi connectivity index (χ2n) is 7.46. The first-order valence-electron chi connectivity index (χ1n) is 8.79. The predicted molar refractivity (Wildman–Crippen MR) is 100 cm³/mol. The van der Waals surface area contributed by atoms with E-state index in [1.165, 1.54) is 0 Å². The van der Waals surface area contributed by atoms with Crippen LogP contribution in [0.5, 0.6) is 0 Å². The molecular weight excluding hydrogens is 312 g/mol. The zero-order valence-electron chi connectivity index (χ0n) is 15.5. The topological polar surface area (TPSA) is 62.2 Å². The van der Waals surface area contributed by atoms with Crippen LogP contribution in [-0.4, -0.2) is 21.6 Å². The van der Waals surface area contributed by atoms with Crippen molar-refractivity contribution in [2.45, 2.75) is 52.2 Å². The van der Waals surface area contributed by atoms with E-state index >= 15 is 0 Å². The molecule has 1 atom stereocenters. The largest absolute Gasteiger partial charge is 0.390 e. The van der Waals surface area contributed by atoms with E-state index in [4.69, 9.17) is 0 Å². The zero-order valence-corrected chi connectivity index (χ0v) is 15.5. The summed E-state index contributed by atoms with van der Waals surface area (Å²) in [5, 5.41) is 13.0. The van der Waals surface area contributed by atoms with Gasteiger partial charge in [0.2, 0.25) is 0 Å². The Morgan fingerprint density at radius 1 is 1.20 bits per heavy atom. The van der Waals surface area contributed by atoms with E-state index in [-0.39, 0.29) is 17.9 Å². The summed E-state index contributed by atoms with van der Waals surface area (Å²) in [7, 11) is 0. The summed E-state index contributed by atoms with van der Waals surface area (Å²) in [6.45, 7) is 7.73. The molecule has 0 saturated carbocycles. The van der Waals surface area contributed by atoms with Crippen molar-refractivity contribution in [1.82, 2.24) is 10.3 Å². The van der Waals surface area contributed by atoms with Gasteiger partial charge in [-0.25, -0.2) is 0 Å². The molecule has 4 nitrogen and oxygen atoms in total. The van der Waals surface area contributed by atoms with E-state index in [1.54, 1.807) is 20.0 Å². The monoisotopic (exact) mass is 340 g/mol. The lowest BCUT2D eigenvalue weighted by Gasteiger charge is -2.22. The van der Waals surface area contributed by atoms with Gasteiger partial charge in [0.15, 0.2) is 0 Å². The minimum atomic E-state index is -0.708. The number of benzene rings is 1. The van der Waals surface area contributed by atoms with Crippen LogP contribution in [0, 0.1) is 5.92 Å². The zero-order chi connectivity index (χ0) is 18.4. The fourth-order valence-electron chi connectivity index (χ4n) is 2.68. The molecule has 4 heteroatoms. The van der Waals surface area contributed by atoms with Crippen LogP contribution < -0.4 is 5.32 Å². The Labute approximate surface area is 150 Å². The average molecular weight is 340 g/mol. The van der Waals surface area contributed by atoms with E-state index in [1.807, 2.05) is 42.5 Å². The lowest BCUT2D eigenvalue weighted by Crippen LogP contribution is -2.32. The highest BCUT2D eigenvalue weighted by molar-refractivity contribution is 5.94. The van der Waals surface area contributed by atoms with Crippen LogP contribution in [0.3, 0.4) is 0 Å². The number of aromatic nitrogens is 1. The first-order valence-corrected chi connectivity index (χ1v) is 8.79. The molecule has 1 aromatic carbocycles. The molecule has 0 fully saturated rings. The van der Waals surface area contributed by atoms with Crippen LogP contribution in [0.25, 0.3) is 0 Å². The fraction of sp³-hybridized carbons (Fsp3) is 0.429. The summed E-state index contributed by atoms with van der Waals surface area (Å²) in [5.74, 6) is 0.131. The summed E-state index contributed by atoms with van der Waals surface area (Å²) in [6.07, 6.45) is 3.13. The molecule has 2 N–H and O–H groups in total. The van der Waals surface area contributed by atoms with Gasteiger partial charge in [0.05, 0.1) is 17.3 Å². The van der Waals surface area contributed by atoms with Crippen molar-refractivity contribution >= 4 is 5.91 Å². The Hall–Kier alpha value is -2.20. The normalized spacial score (nSPS) is 12.9. The number of nitrogens with zero attached hydrogens (tertiary/aromatic N) is 1. The molecule has 0 aliphatic rings. The predicted octanol–water partition coefficient (Wildman–Crippen LogP) is 3.91. The number of aliphatic hydroxyl groups is 1. The molecule has 0 spiro atoms. The Kier molecular flexibility index (Phi) is 6.32. The van der Waals surface area contributed by atoms with Gasteiger partial charge in [-0.05, 0) is 62.4 Å². The number of hydrogen-bond donors (Lipinski definition) is 2. The first-order chi connectivity index (χ1) is 11.8. The van der Waals surface area contributed by atoms with Crippen molar-refractivity contribution in [2.75, 3.05) is 0 Å². The van der Waals surface area contributed by atoms with Crippen molar-refractivity contribution in [2.24, 2.45) is 5.92 Å². The van der Waals surface area contributed by atoms with Crippen LogP contribution in [0.15, 0.2) is 48.7 Å². The minimum Gasteiger partial charge on any atom is -0.390 e. The summed E-state index contributed by atoms with van der Waals surface area (Å²) >= 11 is 0. The number of carbonyl (C=O) groups is 1. The van der Waals surface area contributed by atoms with Gasteiger partial charge in [-0.2, -0.15) is 0 Å². The number of amides is 1. The molecule has 0 saturated heterocycles. The number of aryl methyl sites for hydroxylation is 1. The standard InChI is InChI=1S/C21H28N2O2/c1-15(2)19(18-10-5-6-13-22-18)23-20(24)17-9-7-8-16(14-17)11-12-21(3,4)25/h5-10,13-15,19,25H,11-12H2,1-4H3,(H,23,24)/t19-/m0/s1. The molecule has 1 heterocycles. The van der Waals surface area contributed by atoms with Gasteiger partial charge in [0, 0.05) is 11.8 Å². The number of nitrogens with one attached hydrogen (secondary N) is 1. The molecule has 1 amide bonds. The number of carbonyl (C=O) groups excluding carboxylic acids is 1. The molecule has 0 unspecified atom stereocenters. The SMILES string of the molecule is CC(C)[C@H](NC(=O)c1cccc(CCC(C)(C)O)c1)c1ccccn1. The highest BCUT2D eigenvalue weighted by atomic mass is 16.3. The summed E-state index contributed by atoms with van der Waals surface area (Å²) in [6, 6.07) is 13.2. The average Bonchev–Trinajstić information content (AvgIpc) is 2.58. The van der Waals surface area contributed by atoms with Crippen molar-refractivity contribution in [3.63, 3.8) is 0 Å². The van der Waals surface area contributed by atoms with Gasteiger partial charge in [-0.3, -0.25) is 9.78 Å². The maximum Gasteiger partial charge on any atom is 0.251 e. The molecule has 25 heavy (non-hydrogen) atoms. The molecule has 2 rings (SSSR count). The van der Waals surface area contributed by atoms with E-state index < -0.39 is 5.60 Å². The van der Waals surface area contributed by atoms with Crippen LogP contribution >= 0.6 is 0 Å². The number of hydrogen-bond acceptors (Lipinski definition) is 3. The molecular formula is C21H28N2O2. The molecule has 0 aliphatic carbocycles. The fourth-order valence-corrected chi connectivity index (χ4v) is 2.68.